The van der Waals surface area contributed by atoms with Crippen molar-refractivity contribution >= 4 is 9.84 Å². The third-order valence-electron chi connectivity index (χ3n) is 2.44. The average molecular weight is 230 g/mol. The number of rotatable bonds is 2. The van der Waals surface area contributed by atoms with E-state index < -0.39 is 15.1 Å². The number of nitrogens with zero attached hydrogens (tertiary/aromatic N) is 1. The maximum absolute atomic E-state index is 11.4. The van der Waals surface area contributed by atoms with Crippen molar-refractivity contribution in [2.24, 2.45) is 0 Å². The van der Waals surface area contributed by atoms with Gasteiger partial charge in [0.2, 0.25) is 0 Å². The topological polar surface area (TPSA) is 79.9 Å². The van der Waals surface area contributed by atoms with Gasteiger partial charge in [-0.25, -0.2) is 13.4 Å². The van der Waals surface area contributed by atoms with Gasteiger partial charge in [0.15, 0.2) is 9.84 Å². The van der Waals surface area contributed by atoms with Crippen LogP contribution in [0.1, 0.15) is 29.3 Å². The smallest absolute Gasteiger partial charge is 0.254 e. The molecule has 0 radical (unpaired) electrons. The number of aromatic amines is 1. The first-order valence-corrected chi connectivity index (χ1v) is 6.45. The number of hydrogen-bond donors (Lipinski definition) is 1. The van der Waals surface area contributed by atoms with E-state index in [9.17, 15) is 13.2 Å². The van der Waals surface area contributed by atoms with E-state index in [1.807, 2.05) is 0 Å². The molecule has 1 aromatic heterocycles. The second-order valence-corrected chi connectivity index (χ2v) is 6.00. The molecular weight excluding hydrogens is 216 g/mol. The van der Waals surface area contributed by atoms with Crippen LogP contribution in [-0.2, 0) is 9.84 Å². The maximum atomic E-state index is 11.4. The number of aromatic nitrogens is 2. The van der Waals surface area contributed by atoms with Crippen LogP contribution in [0.3, 0.4) is 0 Å². The second kappa shape index (κ2) is 3.77. The lowest BCUT2D eigenvalue weighted by molar-refractivity contribution is 0.588. The molecule has 15 heavy (non-hydrogen) atoms. The Morgan fingerprint density at radius 2 is 1.87 bits per heavy atom. The monoisotopic (exact) mass is 230 g/mol. The van der Waals surface area contributed by atoms with Crippen molar-refractivity contribution in [1.29, 1.82) is 0 Å². The fourth-order valence-corrected chi connectivity index (χ4v) is 1.58. The van der Waals surface area contributed by atoms with Gasteiger partial charge in [-0.3, -0.25) is 4.79 Å². The summed E-state index contributed by atoms with van der Waals surface area (Å²) in [7, 11) is -3.23. The fourth-order valence-electron chi connectivity index (χ4n) is 1.06. The molecule has 0 bridgehead atoms. The van der Waals surface area contributed by atoms with Gasteiger partial charge >= 0.3 is 0 Å². The predicted molar refractivity (Wildman–Crippen MR) is 57.6 cm³/mol. The van der Waals surface area contributed by atoms with Gasteiger partial charge in [-0.15, -0.1) is 0 Å². The number of sulfone groups is 1. The Morgan fingerprint density at radius 3 is 2.27 bits per heavy atom. The van der Waals surface area contributed by atoms with Gasteiger partial charge in [-0.2, -0.15) is 0 Å². The molecular formula is C9H14N2O3S. The van der Waals surface area contributed by atoms with E-state index in [4.69, 9.17) is 0 Å². The van der Waals surface area contributed by atoms with Gasteiger partial charge in [0.05, 0.1) is 0 Å². The lowest BCUT2D eigenvalue weighted by atomic mass is 10.2. The maximum Gasteiger partial charge on any atom is 0.254 e. The Morgan fingerprint density at radius 1 is 1.33 bits per heavy atom. The molecule has 0 aliphatic rings. The number of hydrogen-bond acceptors (Lipinski definition) is 4. The molecule has 0 spiro atoms. The molecule has 1 unspecified atom stereocenters. The van der Waals surface area contributed by atoms with Gasteiger partial charge in [0.1, 0.15) is 11.1 Å². The number of aryl methyl sites for hydroxylation is 1. The third-order valence-corrected chi connectivity index (χ3v) is 3.95. The van der Waals surface area contributed by atoms with E-state index in [1.165, 1.54) is 6.92 Å². The van der Waals surface area contributed by atoms with Crippen molar-refractivity contribution in [3.63, 3.8) is 0 Å². The fraction of sp³-hybridized carbons (Fsp3) is 0.556. The Bertz CT molecular complexity index is 531. The van der Waals surface area contributed by atoms with Crippen LogP contribution in [0.5, 0.6) is 0 Å². The minimum absolute atomic E-state index is 0.200. The van der Waals surface area contributed by atoms with E-state index >= 15 is 0 Å². The highest BCUT2D eigenvalue weighted by atomic mass is 32.2. The van der Waals surface area contributed by atoms with Gasteiger partial charge in [-0.05, 0) is 20.8 Å². The highest BCUT2D eigenvalue weighted by Gasteiger charge is 2.20. The zero-order valence-corrected chi connectivity index (χ0v) is 9.97. The van der Waals surface area contributed by atoms with E-state index in [0.717, 1.165) is 6.26 Å². The SMILES string of the molecule is Cc1nc(C(C)S(C)(=O)=O)[nH]c(=O)c1C. The Kier molecular flexibility index (Phi) is 2.99. The summed E-state index contributed by atoms with van der Waals surface area (Å²) in [5, 5.41) is -0.788. The van der Waals surface area contributed by atoms with E-state index in [-0.39, 0.29) is 11.4 Å². The molecule has 0 saturated heterocycles. The predicted octanol–water partition coefficient (Wildman–Crippen LogP) is 0.492. The minimum atomic E-state index is -3.23. The van der Waals surface area contributed by atoms with E-state index in [0.29, 0.717) is 11.3 Å². The van der Waals surface area contributed by atoms with E-state index in [1.54, 1.807) is 13.8 Å². The van der Waals surface area contributed by atoms with Crippen LogP contribution >= 0.6 is 0 Å². The Hall–Kier alpha value is -1.17. The molecule has 0 fully saturated rings. The third kappa shape index (κ3) is 2.44. The quantitative estimate of drug-likeness (QED) is 0.802. The van der Waals surface area contributed by atoms with Crippen molar-refractivity contribution < 1.29 is 8.42 Å². The molecule has 5 nitrogen and oxygen atoms in total. The van der Waals surface area contributed by atoms with Crippen LogP contribution in [-0.4, -0.2) is 24.6 Å². The molecule has 0 saturated carbocycles. The number of nitrogens with one attached hydrogen (secondary N) is 1. The van der Waals surface area contributed by atoms with Crippen molar-refractivity contribution in [1.82, 2.24) is 9.97 Å². The van der Waals surface area contributed by atoms with Crippen LogP contribution in [0, 0.1) is 13.8 Å². The molecule has 0 amide bonds. The largest absolute Gasteiger partial charge is 0.309 e. The molecule has 1 atom stereocenters. The van der Waals surface area contributed by atoms with Crippen LogP contribution < -0.4 is 5.56 Å². The van der Waals surface area contributed by atoms with Crippen LogP contribution in [0.15, 0.2) is 4.79 Å². The molecule has 1 heterocycles. The summed E-state index contributed by atoms with van der Waals surface area (Å²) in [5.41, 5.74) is 0.789. The molecule has 6 heteroatoms. The number of H-pyrrole nitrogens is 1. The standard InChI is InChI=1S/C9H14N2O3S/c1-5-6(2)10-8(11-9(5)12)7(3)15(4,13)14/h7H,1-4H3,(H,10,11,12). The first-order valence-electron chi connectivity index (χ1n) is 4.49. The van der Waals surface area contributed by atoms with Crippen molar-refractivity contribution in [3.8, 4) is 0 Å². The first kappa shape index (κ1) is 11.9. The normalized spacial score (nSPS) is 13.9. The first-order chi connectivity index (χ1) is 6.73. The molecule has 0 aliphatic carbocycles. The summed E-state index contributed by atoms with van der Waals surface area (Å²) >= 11 is 0. The second-order valence-electron chi connectivity index (χ2n) is 3.63. The molecule has 1 rings (SSSR count). The lowest BCUT2D eigenvalue weighted by Crippen LogP contribution is -2.20. The molecule has 1 aromatic rings. The van der Waals surface area contributed by atoms with E-state index in [2.05, 4.69) is 9.97 Å². The minimum Gasteiger partial charge on any atom is -0.309 e. The summed E-state index contributed by atoms with van der Waals surface area (Å²) in [6.07, 6.45) is 1.12. The van der Waals surface area contributed by atoms with Gasteiger partial charge in [0.25, 0.3) is 5.56 Å². The summed E-state index contributed by atoms with van der Waals surface area (Å²) in [4.78, 5) is 17.9. The zero-order chi connectivity index (χ0) is 11.8. The molecule has 84 valence electrons. The molecule has 0 aromatic carbocycles. The van der Waals surface area contributed by atoms with Crippen LogP contribution in [0.4, 0.5) is 0 Å². The highest BCUT2D eigenvalue weighted by Crippen LogP contribution is 2.16. The van der Waals surface area contributed by atoms with Gasteiger partial charge in [-0.1, -0.05) is 0 Å². The highest BCUT2D eigenvalue weighted by molar-refractivity contribution is 7.90. The average Bonchev–Trinajstić information content (AvgIpc) is 2.10. The molecule has 0 aliphatic heterocycles. The summed E-state index contributed by atoms with van der Waals surface area (Å²) < 4.78 is 22.6. The summed E-state index contributed by atoms with van der Waals surface area (Å²) in [6.45, 7) is 4.83. The van der Waals surface area contributed by atoms with Crippen LogP contribution in [0.2, 0.25) is 0 Å². The molecule has 1 N–H and O–H groups in total. The zero-order valence-electron chi connectivity index (χ0n) is 9.16. The Labute approximate surface area is 88.5 Å². The van der Waals surface area contributed by atoms with Crippen molar-refractivity contribution in [3.05, 3.63) is 27.4 Å². The summed E-state index contributed by atoms with van der Waals surface area (Å²) in [6, 6.07) is 0. The summed E-state index contributed by atoms with van der Waals surface area (Å²) in [5.74, 6) is 0.200. The van der Waals surface area contributed by atoms with Gasteiger partial charge in [0, 0.05) is 17.5 Å². The van der Waals surface area contributed by atoms with Crippen LogP contribution in [0.25, 0.3) is 0 Å². The van der Waals surface area contributed by atoms with Gasteiger partial charge < -0.3 is 4.98 Å². The van der Waals surface area contributed by atoms with Crippen molar-refractivity contribution in [2.45, 2.75) is 26.0 Å². The lowest BCUT2D eigenvalue weighted by Gasteiger charge is -2.09. The van der Waals surface area contributed by atoms with Crippen molar-refractivity contribution in [2.75, 3.05) is 6.26 Å². The Balaban J connectivity index is 3.36.